The van der Waals surface area contributed by atoms with Gasteiger partial charge < -0.3 is 26.3 Å². The van der Waals surface area contributed by atoms with E-state index in [9.17, 15) is 4.79 Å². The fourth-order valence-corrected chi connectivity index (χ4v) is 2.64. The maximum absolute atomic E-state index is 12.3. The van der Waals surface area contributed by atoms with Crippen LogP contribution in [0.15, 0.2) is 60.7 Å². The van der Waals surface area contributed by atoms with E-state index in [1.807, 2.05) is 0 Å². The Morgan fingerprint density at radius 3 is 1.90 bits per heavy atom. The molecule has 7 N–H and O–H groups in total. The molecule has 1 amide bonds. The van der Waals surface area contributed by atoms with Gasteiger partial charge in [-0.05, 0) is 30.3 Å². The Labute approximate surface area is 172 Å². The van der Waals surface area contributed by atoms with Crippen molar-refractivity contribution in [1.82, 2.24) is 10.3 Å². The Hall–Kier alpha value is -4.40. The van der Waals surface area contributed by atoms with E-state index in [4.69, 9.17) is 31.8 Å². The number of nitrogens with two attached hydrogens (primary N) is 2. The molecule has 9 heteroatoms. The monoisotopic (exact) mass is 404 g/mol. The van der Waals surface area contributed by atoms with Crippen molar-refractivity contribution >= 4 is 17.6 Å². The maximum Gasteiger partial charge on any atom is 0.256 e. The van der Waals surface area contributed by atoms with Crippen LogP contribution in [0.4, 0.5) is 0 Å². The summed E-state index contributed by atoms with van der Waals surface area (Å²) in [6.07, 6.45) is 0. The van der Waals surface area contributed by atoms with Crippen molar-refractivity contribution in [2.45, 2.75) is 0 Å². The van der Waals surface area contributed by atoms with Gasteiger partial charge in [0, 0.05) is 13.1 Å². The SMILES string of the molecule is CNC(=O)c1ccc(Oc2ccccc2C(=N)N)nc1Oc1ccccc1C(=N)N. The fraction of sp³-hybridized carbons (Fsp3) is 0.0476. The number of nitrogens with zero attached hydrogens (tertiary/aromatic N) is 1. The number of para-hydroxylation sites is 2. The van der Waals surface area contributed by atoms with E-state index in [1.165, 1.54) is 19.2 Å². The smallest absolute Gasteiger partial charge is 0.256 e. The molecule has 0 saturated carbocycles. The number of carbonyl (C=O) groups excluding carboxylic acids is 1. The highest BCUT2D eigenvalue weighted by Crippen LogP contribution is 2.31. The lowest BCUT2D eigenvalue weighted by atomic mass is 10.2. The van der Waals surface area contributed by atoms with Crippen LogP contribution in [0.3, 0.4) is 0 Å². The zero-order chi connectivity index (χ0) is 21.7. The van der Waals surface area contributed by atoms with Gasteiger partial charge in [-0.3, -0.25) is 15.6 Å². The molecule has 1 heterocycles. The molecule has 0 atom stereocenters. The lowest BCUT2D eigenvalue weighted by molar-refractivity contribution is 0.0960. The van der Waals surface area contributed by atoms with Gasteiger partial charge in [0.15, 0.2) is 0 Å². The highest BCUT2D eigenvalue weighted by molar-refractivity contribution is 5.99. The van der Waals surface area contributed by atoms with Crippen molar-refractivity contribution in [2.24, 2.45) is 11.5 Å². The van der Waals surface area contributed by atoms with E-state index in [0.29, 0.717) is 16.9 Å². The molecule has 3 rings (SSSR count). The number of pyridine rings is 1. The van der Waals surface area contributed by atoms with Gasteiger partial charge in [-0.25, -0.2) is 0 Å². The lowest BCUT2D eigenvalue weighted by Gasteiger charge is -2.14. The predicted octanol–water partition coefficient (Wildman–Crippen LogP) is 2.59. The van der Waals surface area contributed by atoms with E-state index >= 15 is 0 Å². The van der Waals surface area contributed by atoms with Crippen molar-refractivity contribution < 1.29 is 14.3 Å². The highest BCUT2D eigenvalue weighted by Gasteiger charge is 2.18. The molecule has 0 aliphatic carbocycles. The van der Waals surface area contributed by atoms with Crippen LogP contribution >= 0.6 is 0 Å². The second kappa shape index (κ2) is 8.74. The molecular formula is C21H20N6O3. The zero-order valence-electron chi connectivity index (χ0n) is 16.1. The molecule has 9 nitrogen and oxygen atoms in total. The Bertz CT molecular complexity index is 1130. The summed E-state index contributed by atoms with van der Waals surface area (Å²) in [7, 11) is 1.49. The molecule has 0 aliphatic heterocycles. The minimum absolute atomic E-state index is 0.0270. The van der Waals surface area contributed by atoms with Crippen molar-refractivity contribution in [3.63, 3.8) is 0 Å². The van der Waals surface area contributed by atoms with Crippen LogP contribution in [0.2, 0.25) is 0 Å². The Morgan fingerprint density at radius 1 is 0.833 bits per heavy atom. The first-order valence-electron chi connectivity index (χ1n) is 8.86. The van der Waals surface area contributed by atoms with Crippen LogP contribution < -0.4 is 26.3 Å². The summed E-state index contributed by atoms with van der Waals surface area (Å²) in [6, 6.07) is 16.5. The molecule has 2 aromatic carbocycles. The third-order valence-electron chi connectivity index (χ3n) is 4.08. The number of aromatic nitrogens is 1. The summed E-state index contributed by atoms with van der Waals surface area (Å²) in [5, 5.41) is 17.9. The summed E-state index contributed by atoms with van der Waals surface area (Å²) in [5.41, 5.74) is 12.1. The van der Waals surface area contributed by atoms with E-state index in [2.05, 4.69) is 10.3 Å². The van der Waals surface area contributed by atoms with Crippen LogP contribution in [0, 0.1) is 10.8 Å². The average molecular weight is 404 g/mol. The van der Waals surface area contributed by atoms with Crippen LogP contribution in [-0.4, -0.2) is 29.6 Å². The van der Waals surface area contributed by atoms with Gasteiger partial charge in [-0.15, -0.1) is 0 Å². The molecule has 152 valence electrons. The van der Waals surface area contributed by atoms with Crippen molar-refractivity contribution in [1.29, 1.82) is 10.8 Å². The molecule has 30 heavy (non-hydrogen) atoms. The first-order valence-corrected chi connectivity index (χ1v) is 8.86. The number of hydrogen-bond donors (Lipinski definition) is 5. The van der Waals surface area contributed by atoms with Gasteiger partial charge in [0.25, 0.3) is 5.91 Å². The van der Waals surface area contributed by atoms with Crippen LogP contribution in [-0.2, 0) is 0 Å². The van der Waals surface area contributed by atoms with Crippen LogP contribution in [0.1, 0.15) is 21.5 Å². The summed E-state index contributed by atoms with van der Waals surface area (Å²) >= 11 is 0. The number of benzene rings is 2. The maximum atomic E-state index is 12.3. The third kappa shape index (κ3) is 4.36. The summed E-state index contributed by atoms with van der Waals surface area (Å²) in [4.78, 5) is 16.6. The summed E-state index contributed by atoms with van der Waals surface area (Å²) in [6.45, 7) is 0. The van der Waals surface area contributed by atoms with Gasteiger partial charge >= 0.3 is 0 Å². The molecule has 1 aromatic heterocycles. The molecule has 0 saturated heterocycles. The Balaban J connectivity index is 2.03. The Kier molecular flexibility index (Phi) is 5.92. The minimum Gasteiger partial charge on any atom is -0.438 e. The molecule has 0 bridgehead atoms. The molecule has 3 aromatic rings. The number of amides is 1. The molecular weight excluding hydrogens is 384 g/mol. The van der Waals surface area contributed by atoms with Crippen LogP contribution in [0.5, 0.6) is 23.3 Å². The molecule has 0 spiro atoms. The summed E-state index contributed by atoms with van der Waals surface area (Å²) in [5.74, 6) is -0.0421. The van der Waals surface area contributed by atoms with E-state index in [0.717, 1.165) is 0 Å². The number of hydrogen-bond acceptors (Lipinski definition) is 6. The van der Waals surface area contributed by atoms with Gasteiger partial charge in [0.2, 0.25) is 11.8 Å². The van der Waals surface area contributed by atoms with Gasteiger partial charge in [0.05, 0.1) is 11.1 Å². The van der Waals surface area contributed by atoms with Gasteiger partial charge in [0.1, 0.15) is 28.7 Å². The van der Waals surface area contributed by atoms with Crippen molar-refractivity contribution in [3.05, 3.63) is 77.4 Å². The molecule has 0 aliphatic rings. The second-order valence-corrected chi connectivity index (χ2v) is 6.11. The number of ether oxygens (including phenoxy) is 2. The predicted molar refractivity (Wildman–Crippen MR) is 113 cm³/mol. The van der Waals surface area contributed by atoms with Gasteiger partial charge in [-0.2, -0.15) is 4.98 Å². The standard InChI is InChI=1S/C21H20N6O3/c1-26-20(28)14-10-11-17(29-15-8-4-2-6-12(15)18(22)23)27-21(14)30-16-9-5-3-7-13(16)19(24)25/h2-11H,1H3,(H3,22,23)(H3,24,25)(H,26,28). The number of nitrogens with one attached hydrogen (secondary N) is 3. The number of nitrogen functional groups attached to an aromatic ring is 2. The van der Waals surface area contributed by atoms with E-state index in [1.54, 1.807) is 48.5 Å². The normalized spacial score (nSPS) is 10.2. The van der Waals surface area contributed by atoms with E-state index in [-0.39, 0.29) is 34.7 Å². The van der Waals surface area contributed by atoms with Crippen molar-refractivity contribution in [2.75, 3.05) is 7.05 Å². The highest BCUT2D eigenvalue weighted by atomic mass is 16.5. The second-order valence-electron chi connectivity index (χ2n) is 6.11. The summed E-state index contributed by atoms with van der Waals surface area (Å²) < 4.78 is 11.6. The van der Waals surface area contributed by atoms with E-state index < -0.39 is 5.91 Å². The quantitative estimate of drug-likeness (QED) is 0.300. The topological polar surface area (TPSA) is 160 Å². The zero-order valence-corrected chi connectivity index (χ0v) is 16.1. The van der Waals surface area contributed by atoms with Crippen LogP contribution in [0.25, 0.3) is 0 Å². The largest absolute Gasteiger partial charge is 0.438 e. The molecule has 0 unspecified atom stereocenters. The third-order valence-corrected chi connectivity index (χ3v) is 4.08. The van der Waals surface area contributed by atoms with Gasteiger partial charge in [-0.1, -0.05) is 24.3 Å². The van der Waals surface area contributed by atoms with Crippen molar-refractivity contribution in [3.8, 4) is 23.3 Å². The number of rotatable bonds is 7. The minimum atomic E-state index is -0.409. The molecule has 0 radical (unpaired) electrons. The Morgan fingerprint density at radius 2 is 1.37 bits per heavy atom. The lowest BCUT2D eigenvalue weighted by Crippen LogP contribution is -2.19. The fourth-order valence-electron chi connectivity index (χ4n) is 2.64. The first kappa shape index (κ1) is 20.3. The number of carbonyl (C=O) groups is 1. The first-order chi connectivity index (χ1) is 14.4. The number of amidine groups is 2. The molecule has 0 fully saturated rings. The average Bonchev–Trinajstić information content (AvgIpc) is 2.74.